The van der Waals surface area contributed by atoms with Gasteiger partial charge in [0.1, 0.15) is 0 Å². The van der Waals surface area contributed by atoms with E-state index in [1.54, 1.807) is 0 Å². The molecule has 0 amide bonds. The van der Waals surface area contributed by atoms with Crippen LogP contribution in [-0.2, 0) is 4.79 Å². The van der Waals surface area contributed by atoms with Crippen molar-refractivity contribution in [2.75, 3.05) is 0 Å². The standard InChI is InChI=1S/C14H26O2/c1-3-5-6-11-7-8-13(9-11)12(4-2)10-14(15)16/h11-13H,3-10H2,1-2H3,(H,15,16). The highest BCUT2D eigenvalue weighted by atomic mass is 16.4. The van der Waals surface area contributed by atoms with Crippen LogP contribution in [0.15, 0.2) is 0 Å². The van der Waals surface area contributed by atoms with Crippen LogP contribution in [0.25, 0.3) is 0 Å². The number of carbonyl (C=O) groups is 1. The predicted molar refractivity (Wildman–Crippen MR) is 66.4 cm³/mol. The van der Waals surface area contributed by atoms with Gasteiger partial charge >= 0.3 is 5.97 Å². The van der Waals surface area contributed by atoms with Gasteiger partial charge in [0.15, 0.2) is 0 Å². The summed E-state index contributed by atoms with van der Waals surface area (Å²) >= 11 is 0. The smallest absolute Gasteiger partial charge is 0.303 e. The molecule has 1 rings (SSSR count). The minimum absolute atomic E-state index is 0.377. The van der Waals surface area contributed by atoms with Crippen molar-refractivity contribution < 1.29 is 9.90 Å². The first-order valence-electron chi connectivity index (χ1n) is 6.89. The molecule has 2 nitrogen and oxygen atoms in total. The van der Waals surface area contributed by atoms with Gasteiger partial charge in [0, 0.05) is 6.42 Å². The Labute approximate surface area is 99.4 Å². The summed E-state index contributed by atoms with van der Waals surface area (Å²) in [5, 5.41) is 8.88. The number of hydrogen-bond acceptors (Lipinski definition) is 1. The van der Waals surface area contributed by atoms with Crippen molar-refractivity contribution in [1.82, 2.24) is 0 Å². The van der Waals surface area contributed by atoms with Gasteiger partial charge in [-0.05, 0) is 30.6 Å². The molecule has 1 N–H and O–H groups in total. The summed E-state index contributed by atoms with van der Waals surface area (Å²) in [5.74, 6) is 1.36. The monoisotopic (exact) mass is 226 g/mol. The number of unbranched alkanes of at least 4 members (excludes halogenated alkanes) is 1. The zero-order chi connectivity index (χ0) is 12.0. The number of carboxylic acid groups (broad SMARTS) is 1. The van der Waals surface area contributed by atoms with E-state index in [1.165, 1.54) is 38.5 Å². The van der Waals surface area contributed by atoms with E-state index in [0.29, 0.717) is 18.3 Å². The molecule has 0 radical (unpaired) electrons. The Kier molecular flexibility index (Phi) is 5.86. The lowest BCUT2D eigenvalue weighted by Gasteiger charge is -2.20. The van der Waals surface area contributed by atoms with Gasteiger partial charge in [-0.3, -0.25) is 4.79 Å². The largest absolute Gasteiger partial charge is 0.481 e. The highest BCUT2D eigenvalue weighted by Gasteiger charge is 2.30. The third-order valence-electron chi connectivity index (χ3n) is 4.18. The Bertz CT molecular complexity index is 213. The van der Waals surface area contributed by atoms with Crippen LogP contribution in [0.4, 0.5) is 0 Å². The first-order valence-corrected chi connectivity index (χ1v) is 6.89. The molecule has 3 unspecified atom stereocenters. The SMILES string of the molecule is CCCCC1CCC(C(CC)CC(=O)O)C1. The van der Waals surface area contributed by atoms with Gasteiger partial charge in [0.2, 0.25) is 0 Å². The Balaban J connectivity index is 2.34. The van der Waals surface area contributed by atoms with Crippen LogP contribution in [0.5, 0.6) is 0 Å². The van der Waals surface area contributed by atoms with Crippen LogP contribution in [0.1, 0.15) is 65.2 Å². The molecular formula is C14H26O2. The maximum absolute atomic E-state index is 10.8. The van der Waals surface area contributed by atoms with Gasteiger partial charge < -0.3 is 5.11 Å². The highest BCUT2D eigenvalue weighted by molar-refractivity contribution is 5.67. The molecule has 1 fully saturated rings. The van der Waals surface area contributed by atoms with Crippen molar-refractivity contribution in [2.45, 2.75) is 65.2 Å². The molecular weight excluding hydrogens is 200 g/mol. The Hall–Kier alpha value is -0.530. The first kappa shape index (κ1) is 13.5. The molecule has 94 valence electrons. The zero-order valence-electron chi connectivity index (χ0n) is 10.7. The molecule has 2 heteroatoms. The van der Waals surface area contributed by atoms with Gasteiger partial charge in [-0.25, -0.2) is 0 Å². The lowest BCUT2D eigenvalue weighted by molar-refractivity contribution is -0.138. The van der Waals surface area contributed by atoms with E-state index in [0.717, 1.165) is 12.3 Å². The van der Waals surface area contributed by atoms with E-state index < -0.39 is 5.97 Å². The maximum atomic E-state index is 10.8. The summed E-state index contributed by atoms with van der Waals surface area (Å²) in [5.41, 5.74) is 0. The van der Waals surface area contributed by atoms with E-state index in [1.807, 2.05) is 0 Å². The summed E-state index contributed by atoms with van der Waals surface area (Å²) in [6.45, 7) is 4.37. The summed E-state index contributed by atoms with van der Waals surface area (Å²) in [6.07, 6.45) is 9.27. The molecule has 0 aliphatic heterocycles. The fourth-order valence-electron chi connectivity index (χ4n) is 3.17. The normalized spacial score (nSPS) is 26.9. The van der Waals surface area contributed by atoms with Crippen molar-refractivity contribution in [3.8, 4) is 0 Å². The van der Waals surface area contributed by atoms with Crippen molar-refractivity contribution in [1.29, 1.82) is 0 Å². The molecule has 0 spiro atoms. The molecule has 16 heavy (non-hydrogen) atoms. The highest BCUT2D eigenvalue weighted by Crippen LogP contribution is 2.40. The zero-order valence-corrected chi connectivity index (χ0v) is 10.7. The average Bonchev–Trinajstić information content (AvgIpc) is 2.71. The average molecular weight is 226 g/mol. The molecule has 0 saturated heterocycles. The van der Waals surface area contributed by atoms with E-state index in [9.17, 15) is 4.79 Å². The van der Waals surface area contributed by atoms with Crippen molar-refractivity contribution in [2.24, 2.45) is 17.8 Å². The molecule has 0 aromatic rings. The van der Waals surface area contributed by atoms with Crippen molar-refractivity contribution >= 4 is 5.97 Å². The Morgan fingerprint density at radius 1 is 1.38 bits per heavy atom. The van der Waals surface area contributed by atoms with Crippen molar-refractivity contribution in [3.63, 3.8) is 0 Å². The number of carboxylic acids is 1. The number of aliphatic carboxylic acids is 1. The summed E-state index contributed by atoms with van der Waals surface area (Å²) in [4.78, 5) is 10.8. The third kappa shape index (κ3) is 4.15. The predicted octanol–water partition coefficient (Wildman–Crippen LogP) is 4.09. The van der Waals surface area contributed by atoms with Gasteiger partial charge in [-0.2, -0.15) is 0 Å². The molecule has 0 aromatic heterocycles. The molecule has 0 aromatic carbocycles. The van der Waals surface area contributed by atoms with Crippen LogP contribution >= 0.6 is 0 Å². The fraction of sp³-hybridized carbons (Fsp3) is 0.929. The molecule has 3 atom stereocenters. The van der Waals surface area contributed by atoms with Crippen LogP contribution in [0.2, 0.25) is 0 Å². The second-order valence-electron chi connectivity index (χ2n) is 5.35. The lowest BCUT2D eigenvalue weighted by Crippen LogP contribution is -2.15. The minimum Gasteiger partial charge on any atom is -0.481 e. The second kappa shape index (κ2) is 6.93. The summed E-state index contributed by atoms with van der Waals surface area (Å²) in [7, 11) is 0. The van der Waals surface area contributed by atoms with E-state index in [4.69, 9.17) is 5.11 Å². The van der Waals surface area contributed by atoms with E-state index in [-0.39, 0.29) is 0 Å². The van der Waals surface area contributed by atoms with Crippen LogP contribution in [-0.4, -0.2) is 11.1 Å². The van der Waals surface area contributed by atoms with Gasteiger partial charge in [0.05, 0.1) is 0 Å². The molecule has 0 heterocycles. The molecule has 1 saturated carbocycles. The Morgan fingerprint density at radius 2 is 2.12 bits per heavy atom. The first-order chi connectivity index (χ1) is 7.67. The number of hydrogen-bond donors (Lipinski definition) is 1. The lowest BCUT2D eigenvalue weighted by atomic mass is 9.85. The third-order valence-corrected chi connectivity index (χ3v) is 4.18. The molecule has 0 bridgehead atoms. The molecule has 1 aliphatic rings. The maximum Gasteiger partial charge on any atom is 0.303 e. The quantitative estimate of drug-likeness (QED) is 0.709. The Morgan fingerprint density at radius 3 is 2.69 bits per heavy atom. The number of rotatable bonds is 7. The van der Waals surface area contributed by atoms with Crippen molar-refractivity contribution in [3.05, 3.63) is 0 Å². The summed E-state index contributed by atoms with van der Waals surface area (Å²) in [6, 6.07) is 0. The summed E-state index contributed by atoms with van der Waals surface area (Å²) < 4.78 is 0. The topological polar surface area (TPSA) is 37.3 Å². The second-order valence-corrected chi connectivity index (χ2v) is 5.35. The van der Waals surface area contributed by atoms with Crippen LogP contribution < -0.4 is 0 Å². The van der Waals surface area contributed by atoms with Gasteiger partial charge in [0.25, 0.3) is 0 Å². The minimum atomic E-state index is -0.621. The van der Waals surface area contributed by atoms with Gasteiger partial charge in [-0.1, -0.05) is 46.0 Å². The van der Waals surface area contributed by atoms with Crippen LogP contribution in [0.3, 0.4) is 0 Å². The van der Waals surface area contributed by atoms with Crippen LogP contribution in [0, 0.1) is 17.8 Å². The fourth-order valence-corrected chi connectivity index (χ4v) is 3.17. The molecule has 1 aliphatic carbocycles. The van der Waals surface area contributed by atoms with Gasteiger partial charge in [-0.15, -0.1) is 0 Å². The van der Waals surface area contributed by atoms with E-state index in [2.05, 4.69) is 13.8 Å². The van der Waals surface area contributed by atoms with E-state index >= 15 is 0 Å².